The zero-order valence-corrected chi connectivity index (χ0v) is 19.1. The number of nitro groups is 1. The number of hydrogen-bond donors (Lipinski definition) is 2. The summed E-state index contributed by atoms with van der Waals surface area (Å²) >= 11 is 6.15. The molecule has 0 saturated heterocycles. The molecule has 2 N–H and O–H groups in total. The van der Waals surface area contributed by atoms with Crippen LogP contribution in [0.25, 0.3) is 11.4 Å². The molecule has 11 heteroatoms. The van der Waals surface area contributed by atoms with Crippen molar-refractivity contribution in [3.05, 3.63) is 105 Å². The van der Waals surface area contributed by atoms with E-state index in [1.165, 1.54) is 12.1 Å². The number of carbonyl (C=O) groups excluding carboxylic acids is 1. The van der Waals surface area contributed by atoms with Gasteiger partial charge in [0.1, 0.15) is 6.04 Å². The van der Waals surface area contributed by atoms with E-state index in [9.17, 15) is 14.9 Å². The van der Waals surface area contributed by atoms with E-state index in [0.29, 0.717) is 44.9 Å². The molecular weight excluding hydrogens is 470 g/mol. The number of nitro benzene ring substituents is 1. The van der Waals surface area contributed by atoms with E-state index >= 15 is 0 Å². The molecule has 35 heavy (non-hydrogen) atoms. The predicted octanol–water partition coefficient (Wildman–Crippen LogP) is 4.83. The van der Waals surface area contributed by atoms with E-state index in [4.69, 9.17) is 11.6 Å². The third-order valence-corrected chi connectivity index (χ3v) is 5.75. The molecule has 0 saturated carbocycles. The van der Waals surface area contributed by atoms with Gasteiger partial charge in [-0.15, -0.1) is 5.10 Å². The lowest BCUT2D eigenvalue weighted by Gasteiger charge is -2.28. The molecule has 5 rings (SSSR count). The molecule has 10 nitrogen and oxygen atoms in total. The Morgan fingerprint density at radius 2 is 1.97 bits per heavy atom. The maximum Gasteiger partial charge on any atom is 0.269 e. The Morgan fingerprint density at radius 3 is 2.66 bits per heavy atom. The van der Waals surface area contributed by atoms with Crippen LogP contribution >= 0.6 is 11.6 Å². The molecule has 3 heterocycles. The maximum atomic E-state index is 13.4. The number of carbonyl (C=O) groups is 1. The topological polar surface area (TPSA) is 128 Å². The molecule has 2 aromatic carbocycles. The Balaban J connectivity index is 1.61. The number of non-ortho nitro benzene ring substituents is 1. The van der Waals surface area contributed by atoms with Crippen LogP contribution in [-0.2, 0) is 4.79 Å². The van der Waals surface area contributed by atoms with Crippen LogP contribution in [0, 0.1) is 10.1 Å². The second kappa shape index (κ2) is 8.99. The standard InChI is InChI=1S/C24H18ClN7O3/c1-14-20(23(33)28-18-6-3-11-26-13-18)21(15-7-9-19(10-8-15)32(34)35)31-24(27-14)29-22(30-31)16-4-2-5-17(25)12-16/h2-13,21H,1H3,(H,28,33)(H,27,29,30). The largest absolute Gasteiger partial charge is 0.328 e. The van der Waals surface area contributed by atoms with Gasteiger partial charge >= 0.3 is 0 Å². The van der Waals surface area contributed by atoms with Gasteiger partial charge in [-0.2, -0.15) is 4.98 Å². The van der Waals surface area contributed by atoms with Crippen LogP contribution in [-0.4, -0.2) is 30.6 Å². The van der Waals surface area contributed by atoms with E-state index in [2.05, 4.69) is 25.7 Å². The van der Waals surface area contributed by atoms with Gasteiger partial charge < -0.3 is 10.6 Å². The molecule has 1 aliphatic rings. The van der Waals surface area contributed by atoms with Gasteiger partial charge in [-0.25, -0.2) is 4.68 Å². The molecule has 2 aromatic heterocycles. The van der Waals surface area contributed by atoms with Crippen LogP contribution in [0.4, 0.5) is 17.3 Å². The summed E-state index contributed by atoms with van der Waals surface area (Å²) in [5.41, 5.74) is 2.79. The van der Waals surface area contributed by atoms with Crippen molar-refractivity contribution in [2.24, 2.45) is 0 Å². The minimum Gasteiger partial charge on any atom is -0.328 e. The van der Waals surface area contributed by atoms with E-state index in [-0.39, 0.29) is 11.6 Å². The number of rotatable bonds is 5. The quantitative estimate of drug-likeness (QED) is 0.305. The van der Waals surface area contributed by atoms with Crippen LogP contribution in [0.1, 0.15) is 18.5 Å². The third kappa shape index (κ3) is 4.34. The number of pyridine rings is 1. The number of fused-ring (bicyclic) bond motifs is 1. The Bertz CT molecular complexity index is 1470. The molecular formula is C24H18ClN7O3. The first kappa shape index (κ1) is 22.2. The molecule has 4 aromatic rings. The predicted molar refractivity (Wildman–Crippen MR) is 131 cm³/mol. The van der Waals surface area contributed by atoms with Gasteiger partial charge in [0, 0.05) is 34.6 Å². The van der Waals surface area contributed by atoms with E-state index in [0.717, 1.165) is 0 Å². The summed E-state index contributed by atoms with van der Waals surface area (Å²) < 4.78 is 1.60. The minimum absolute atomic E-state index is 0.0526. The fourth-order valence-corrected chi connectivity index (χ4v) is 4.11. The molecule has 0 spiro atoms. The zero-order valence-electron chi connectivity index (χ0n) is 18.3. The average molecular weight is 488 g/mol. The molecule has 0 radical (unpaired) electrons. The number of nitrogens with zero attached hydrogens (tertiary/aromatic N) is 5. The molecule has 1 unspecified atom stereocenters. The summed E-state index contributed by atoms with van der Waals surface area (Å²) in [5, 5.41) is 22.4. The first-order valence-electron chi connectivity index (χ1n) is 10.6. The first-order chi connectivity index (χ1) is 16.9. The lowest BCUT2D eigenvalue weighted by Crippen LogP contribution is -2.31. The second-order valence-electron chi connectivity index (χ2n) is 7.82. The fourth-order valence-electron chi connectivity index (χ4n) is 3.92. The van der Waals surface area contributed by atoms with Crippen molar-refractivity contribution >= 4 is 34.8 Å². The van der Waals surface area contributed by atoms with Crippen molar-refractivity contribution < 1.29 is 9.72 Å². The normalized spacial score (nSPS) is 14.7. The average Bonchev–Trinajstić information content (AvgIpc) is 3.27. The maximum absolute atomic E-state index is 13.4. The van der Waals surface area contributed by atoms with Gasteiger partial charge in [0.25, 0.3) is 11.6 Å². The Kier molecular flexibility index (Phi) is 5.71. The van der Waals surface area contributed by atoms with Gasteiger partial charge in [0.15, 0.2) is 5.82 Å². The lowest BCUT2D eigenvalue weighted by molar-refractivity contribution is -0.384. The van der Waals surface area contributed by atoms with Crippen LogP contribution in [0.2, 0.25) is 5.02 Å². The Hall–Kier alpha value is -4.57. The highest BCUT2D eigenvalue weighted by molar-refractivity contribution is 6.30. The van der Waals surface area contributed by atoms with Crippen molar-refractivity contribution in [3.8, 4) is 11.4 Å². The highest BCUT2D eigenvalue weighted by atomic mass is 35.5. The smallest absolute Gasteiger partial charge is 0.269 e. The first-order valence-corrected chi connectivity index (χ1v) is 10.9. The second-order valence-corrected chi connectivity index (χ2v) is 8.26. The number of halogens is 1. The Morgan fingerprint density at radius 1 is 1.17 bits per heavy atom. The van der Waals surface area contributed by atoms with Crippen molar-refractivity contribution in [1.29, 1.82) is 0 Å². The SMILES string of the molecule is CC1=C(C(=O)Nc2cccnc2)C(c2ccc([N+](=O)[O-])cc2)n2nc(-c3cccc(Cl)c3)nc2N1. The van der Waals surface area contributed by atoms with Crippen molar-refractivity contribution in [1.82, 2.24) is 19.7 Å². The molecule has 0 fully saturated rings. The molecule has 0 bridgehead atoms. The van der Waals surface area contributed by atoms with Crippen molar-refractivity contribution in [2.75, 3.05) is 10.6 Å². The number of anilines is 2. The number of allylic oxidation sites excluding steroid dienone is 1. The summed E-state index contributed by atoms with van der Waals surface area (Å²) in [6.45, 7) is 1.77. The van der Waals surface area contributed by atoms with Crippen molar-refractivity contribution in [3.63, 3.8) is 0 Å². The lowest BCUT2D eigenvalue weighted by atomic mass is 9.95. The molecule has 0 aliphatic carbocycles. The summed E-state index contributed by atoms with van der Waals surface area (Å²) in [6, 6.07) is 15.9. The summed E-state index contributed by atoms with van der Waals surface area (Å²) in [5.74, 6) is 0.485. The van der Waals surface area contributed by atoms with Gasteiger partial charge in [0.2, 0.25) is 5.95 Å². The summed E-state index contributed by atoms with van der Waals surface area (Å²) in [4.78, 5) is 32.8. The van der Waals surface area contributed by atoms with E-state index < -0.39 is 11.0 Å². The summed E-state index contributed by atoms with van der Waals surface area (Å²) in [6.07, 6.45) is 3.16. The van der Waals surface area contributed by atoms with Gasteiger partial charge in [-0.3, -0.25) is 19.9 Å². The summed E-state index contributed by atoms with van der Waals surface area (Å²) in [7, 11) is 0. The molecule has 1 atom stereocenters. The van der Waals surface area contributed by atoms with E-state index in [1.807, 2.05) is 6.07 Å². The number of benzene rings is 2. The van der Waals surface area contributed by atoms with E-state index in [1.54, 1.807) is 66.5 Å². The minimum atomic E-state index is -0.691. The molecule has 1 amide bonds. The van der Waals surface area contributed by atoms with Crippen LogP contribution in [0.15, 0.2) is 84.3 Å². The fraction of sp³-hybridized carbons (Fsp3) is 0.0833. The zero-order chi connectivity index (χ0) is 24.5. The van der Waals surface area contributed by atoms with Gasteiger partial charge in [0.05, 0.1) is 22.4 Å². The molecule has 1 aliphatic heterocycles. The van der Waals surface area contributed by atoms with Crippen LogP contribution in [0.3, 0.4) is 0 Å². The van der Waals surface area contributed by atoms with Gasteiger partial charge in [-0.1, -0.05) is 23.7 Å². The Labute approximate surface area is 204 Å². The monoisotopic (exact) mass is 487 g/mol. The van der Waals surface area contributed by atoms with Gasteiger partial charge in [-0.05, 0) is 48.9 Å². The van der Waals surface area contributed by atoms with Crippen LogP contribution < -0.4 is 10.6 Å². The number of hydrogen-bond acceptors (Lipinski definition) is 7. The number of aromatic nitrogens is 4. The van der Waals surface area contributed by atoms with Crippen LogP contribution in [0.5, 0.6) is 0 Å². The highest BCUT2D eigenvalue weighted by Crippen LogP contribution is 2.37. The number of amides is 1. The third-order valence-electron chi connectivity index (χ3n) is 5.52. The molecule has 174 valence electrons. The van der Waals surface area contributed by atoms with Crippen molar-refractivity contribution in [2.45, 2.75) is 13.0 Å². The highest BCUT2D eigenvalue weighted by Gasteiger charge is 2.34. The number of nitrogens with one attached hydrogen (secondary N) is 2.